The van der Waals surface area contributed by atoms with Gasteiger partial charge in [-0.05, 0) is 31.5 Å². The van der Waals surface area contributed by atoms with E-state index in [-0.39, 0.29) is 17.5 Å². The van der Waals surface area contributed by atoms with Crippen molar-refractivity contribution in [1.82, 2.24) is 15.0 Å². The Balaban J connectivity index is 1.66. The number of nitrogens with zero attached hydrogens (tertiary/aromatic N) is 3. The predicted octanol–water partition coefficient (Wildman–Crippen LogP) is 2.11. The maximum absolute atomic E-state index is 13.3. The number of benzene rings is 1. The molecule has 2 aromatic rings. The highest BCUT2D eigenvalue weighted by atomic mass is 19.1. The molecule has 0 bridgehead atoms. The van der Waals surface area contributed by atoms with Crippen LogP contribution in [0.25, 0.3) is 0 Å². The third-order valence-corrected chi connectivity index (χ3v) is 3.99. The average Bonchev–Trinajstić information content (AvgIpc) is 2.86. The van der Waals surface area contributed by atoms with Crippen LogP contribution in [-0.4, -0.2) is 52.9 Å². The van der Waals surface area contributed by atoms with E-state index in [1.54, 1.807) is 28.9 Å². The van der Waals surface area contributed by atoms with Gasteiger partial charge >= 0.3 is 0 Å². The summed E-state index contributed by atoms with van der Waals surface area (Å²) in [5.74, 6) is -0.280. The summed E-state index contributed by atoms with van der Waals surface area (Å²) in [7, 11) is 0. The molecule has 0 saturated carbocycles. The van der Waals surface area contributed by atoms with Crippen molar-refractivity contribution in [3.63, 3.8) is 0 Å². The summed E-state index contributed by atoms with van der Waals surface area (Å²) in [5.41, 5.74) is 0.597. The van der Waals surface area contributed by atoms with E-state index < -0.39 is 5.82 Å². The van der Waals surface area contributed by atoms with Crippen molar-refractivity contribution in [2.24, 2.45) is 0 Å². The SMILES string of the molecule is Cc1cc(C(=O)N2CCCN(C(=O)c3cccc(F)c3)CC2)no1. The van der Waals surface area contributed by atoms with Crippen LogP contribution in [0.5, 0.6) is 0 Å². The van der Waals surface area contributed by atoms with Crippen LogP contribution in [-0.2, 0) is 0 Å². The first-order chi connectivity index (χ1) is 11.5. The summed E-state index contributed by atoms with van der Waals surface area (Å²) in [6.07, 6.45) is 0.656. The molecule has 0 spiro atoms. The van der Waals surface area contributed by atoms with Crippen LogP contribution < -0.4 is 0 Å². The maximum atomic E-state index is 13.3. The van der Waals surface area contributed by atoms with Crippen LogP contribution in [0, 0.1) is 12.7 Å². The van der Waals surface area contributed by atoms with Crippen LogP contribution in [0.2, 0.25) is 0 Å². The van der Waals surface area contributed by atoms with E-state index in [1.807, 2.05) is 0 Å². The Kier molecular flexibility index (Phi) is 4.59. The van der Waals surface area contributed by atoms with Crippen LogP contribution in [0.15, 0.2) is 34.9 Å². The summed E-state index contributed by atoms with van der Waals surface area (Å²) in [5, 5.41) is 3.74. The van der Waals surface area contributed by atoms with Gasteiger partial charge in [0.15, 0.2) is 5.69 Å². The molecule has 3 rings (SSSR count). The fourth-order valence-electron chi connectivity index (χ4n) is 2.76. The van der Waals surface area contributed by atoms with Gasteiger partial charge in [-0.25, -0.2) is 4.39 Å². The molecule has 126 valence electrons. The number of hydrogen-bond donors (Lipinski definition) is 0. The van der Waals surface area contributed by atoms with Crippen molar-refractivity contribution < 1.29 is 18.5 Å². The minimum atomic E-state index is -0.436. The van der Waals surface area contributed by atoms with Crippen molar-refractivity contribution in [1.29, 1.82) is 0 Å². The van der Waals surface area contributed by atoms with E-state index >= 15 is 0 Å². The molecular formula is C17H18FN3O3. The molecule has 0 unspecified atom stereocenters. The van der Waals surface area contributed by atoms with Gasteiger partial charge in [-0.3, -0.25) is 9.59 Å². The molecule has 6 nitrogen and oxygen atoms in total. The van der Waals surface area contributed by atoms with Crippen molar-refractivity contribution in [2.45, 2.75) is 13.3 Å². The lowest BCUT2D eigenvalue weighted by molar-refractivity contribution is 0.0713. The summed E-state index contributed by atoms with van der Waals surface area (Å²) >= 11 is 0. The molecule has 1 fully saturated rings. The second-order valence-corrected chi connectivity index (χ2v) is 5.77. The van der Waals surface area contributed by atoms with Crippen molar-refractivity contribution in [2.75, 3.05) is 26.2 Å². The zero-order valence-corrected chi connectivity index (χ0v) is 13.4. The second kappa shape index (κ2) is 6.82. The molecular weight excluding hydrogens is 313 g/mol. The number of rotatable bonds is 2. The Morgan fingerprint density at radius 3 is 2.42 bits per heavy atom. The predicted molar refractivity (Wildman–Crippen MR) is 84.1 cm³/mol. The van der Waals surface area contributed by atoms with Crippen LogP contribution in [0.1, 0.15) is 33.0 Å². The van der Waals surface area contributed by atoms with Gasteiger partial charge < -0.3 is 14.3 Å². The van der Waals surface area contributed by atoms with Gasteiger partial charge in [0.25, 0.3) is 11.8 Å². The Morgan fingerprint density at radius 1 is 1.08 bits per heavy atom. The van der Waals surface area contributed by atoms with Crippen LogP contribution in [0.3, 0.4) is 0 Å². The lowest BCUT2D eigenvalue weighted by Gasteiger charge is -2.21. The zero-order valence-electron chi connectivity index (χ0n) is 13.4. The van der Waals surface area contributed by atoms with Gasteiger partial charge in [0.1, 0.15) is 11.6 Å². The minimum Gasteiger partial charge on any atom is -0.361 e. The molecule has 0 atom stereocenters. The fraction of sp³-hybridized carbons (Fsp3) is 0.353. The molecule has 1 aromatic carbocycles. The molecule has 2 heterocycles. The maximum Gasteiger partial charge on any atom is 0.276 e. The van der Waals surface area contributed by atoms with Gasteiger partial charge in [-0.15, -0.1) is 0 Å². The van der Waals surface area contributed by atoms with Crippen molar-refractivity contribution >= 4 is 11.8 Å². The Morgan fingerprint density at radius 2 is 1.79 bits per heavy atom. The first-order valence-corrected chi connectivity index (χ1v) is 7.82. The lowest BCUT2D eigenvalue weighted by atomic mass is 10.2. The first-order valence-electron chi connectivity index (χ1n) is 7.82. The fourth-order valence-corrected chi connectivity index (χ4v) is 2.76. The van der Waals surface area contributed by atoms with Gasteiger partial charge in [-0.1, -0.05) is 11.2 Å². The molecule has 1 aliphatic heterocycles. The third kappa shape index (κ3) is 3.45. The molecule has 0 radical (unpaired) electrons. The van der Waals surface area contributed by atoms with Crippen molar-refractivity contribution in [3.8, 4) is 0 Å². The third-order valence-electron chi connectivity index (χ3n) is 3.99. The summed E-state index contributed by atoms with van der Waals surface area (Å²) in [6, 6.07) is 7.25. The van der Waals surface area contributed by atoms with Crippen molar-refractivity contribution in [3.05, 3.63) is 53.2 Å². The minimum absolute atomic E-state index is 0.202. The first kappa shape index (κ1) is 16.2. The normalized spacial score (nSPS) is 15.2. The van der Waals surface area contributed by atoms with Gasteiger partial charge in [0, 0.05) is 37.8 Å². The number of hydrogen-bond acceptors (Lipinski definition) is 4. The van der Waals surface area contributed by atoms with E-state index in [9.17, 15) is 14.0 Å². The number of amides is 2. The number of carbonyl (C=O) groups is 2. The summed E-state index contributed by atoms with van der Waals surface area (Å²) < 4.78 is 18.2. The second-order valence-electron chi connectivity index (χ2n) is 5.77. The van der Waals surface area contributed by atoms with Crippen LogP contribution >= 0.6 is 0 Å². The lowest BCUT2D eigenvalue weighted by Crippen LogP contribution is -2.37. The molecule has 1 aliphatic rings. The smallest absolute Gasteiger partial charge is 0.276 e. The topological polar surface area (TPSA) is 66.7 Å². The molecule has 7 heteroatoms. The monoisotopic (exact) mass is 331 g/mol. The summed E-state index contributed by atoms with van der Waals surface area (Å²) in [6.45, 7) is 3.60. The van der Waals surface area contributed by atoms with E-state index in [0.29, 0.717) is 43.9 Å². The van der Waals surface area contributed by atoms with Gasteiger partial charge in [0.2, 0.25) is 0 Å². The van der Waals surface area contributed by atoms with Crippen LogP contribution in [0.4, 0.5) is 4.39 Å². The number of aromatic nitrogens is 1. The quantitative estimate of drug-likeness (QED) is 0.845. The molecule has 1 aromatic heterocycles. The van der Waals surface area contributed by atoms with E-state index in [4.69, 9.17) is 4.52 Å². The van der Waals surface area contributed by atoms with E-state index in [0.717, 1.165) is 0 Å². The molecule has 0 aliphatic carbocycles. The number of halogens is 1. The highest BCUT2D eigenvalue weighted by molar-refractivity contribution is 5.94. The summed E-state index contributed by atoms with van der Waals surface area (Å²) in [4.78, 5) is 28.2. The number of carbonyl (C=O) groups excluding carboxylic acids is 2. The highest BCUT2D eigenvalue weighted by Gasteiger charge is 2.25. The standard InChI is InChI=1S/C17H18FN3O3/c1-12-10-15(19-24-12)17(23)21-7-3-6-20(8-9-21)16(22)13-4-2-5-14(18)11-13/h2,4-5,10-11H,3,6-9H2,1H3. The molecule has 2 amide bonds. The van der Waals surface area contributed by atoms with Gasteiger partial charge in [-0.2, -0.15) is 0 Å². The highest BCUT2D eigenvalue weighted by Crippen LogP contribution is 2.13. The average molecular weight is 331 g/mol. The Hall–Kier alpha value is -2.70. The van der Waals surface area contributed by atoms with E-state index in [2.05, 4.69) is 5.16 Å². The Labute approximate surface area is 138 Å². The molecule has 0 N–H and O–H groups in total. The van der Waals surface area contributed by atoms with Gasteiger partial charge in [0.05, 0.1) is 0 Å². The molecule has 24 heavy (non-hydrogen) atoms. The van der Waals surface area contributed by atoms with E-state index in [1.165, 1.54) is 18.2 Å². The zero-order chi connectivity index (χ0) is 17.1. The molecule has 1 saturated heterocycles. The number of aryl methyl sites for hydroxylation is 1. The largest absolute Gasteiger partial charge is 0.361 e. The Bertz CT molecular complexity index is 759.